The third-order valence-electron chi connectivity index (χ3n) is 7.32. The lowest BCUT2D eigenvalue weighted by Gasteiger charge is -2.42. The van der Waals surface area contributed by atoms with Gasteiger partial charge in [-0.1, -0.05) is 12.1 Å². The molecule has 40 heavy (non-hydrogen) atoms. The Morgan fingerprint density at radius 1 is 1.15 bits per heavy atom. The van der Waals surface area contributed by atoms with E-state index in [4.69, 9.17) is 9.47 Å². The summed E-state index contributed by atoms with van der Waals surface area (Å²) in [6.45, 7) is 0.964. The molecule has 12 heteroatoms. The number of rotatable bonds is 9. The van der Waals surface area contributed by atoms with Crippen LogP contribution in [0.1, 0.15) is 36.1 Å². The maximum atomic E-state index is 14.5. The van der Waals surface area contributed by atoms with Crippen LogP contribution in [-0.4, -0.2) is 79.3 Å². The van der Waals surface area contributed by atoms with E-state index in [0.29, 0.717) is 31.5 Å². The quantitative estimate of drug-likeness (QED) is 0.455. The van der Waals surface area contributed by atoms with Gasteiger partial charge in [-0.05, 0) is 61.8 Å². The number of aromatic nitrogens is 1. The molecule has 4 rings (SSSR count). The van der Waals surface area contributed by atoms with E-state index in [9.17, 15) is 23.2 Å². The highest BCUT2D eigenvalue weighted by Gasteiger charge is 2.43. The second kappa shape index (κ2) is 13.4. The fourth-order valence-electron chi connectivity index (χ4n) is 5.36. The Bertz CT molecular complexity index is 1220. The van der Waals surface area contributed by atoms with Crippen LogP contribution in [0.3, 0.4) is 0 Å². The van der Waals surface area contributed by atoms with E-state index in [1.807, 2.05) is 23.1 Å². The first-order chi connectivity index (χ1) is 19.3. The average molecular weight is 558 g/mol. The van der Waals surface area contributed by atoms with Gasteiger partial charge in [0.25, 0.3) is 0 Å². The molecule has 3 heterocycles. The number of nitrogens with zero attached hydrogens (tertiary/aromatic N) is 3. The third-order valence-corrected chi connectivity index (χ3v) is 7.32. The lowest BCUT2D eigenvalue weighted by atomic mass is 9.83. The standard InChI is InChI=1S/C28H33F2N5O5/c1-39-17-23(33-28(38)35-13-5-12-32-27(35)37)24(26(36)40-2)25(19-7-8-20(29)21(30)16-19)34-14-9-18(10-15-34)22-6-3-4-11-31-22/h3-8,11-12,16,18,23-25H,9-10,13-15,17H2,1-2H3,(H,32,37)(H,33,38). The van der Waals surface area contributed by atoms with Crippen LogP contribution in [0.5, 0.6) is 0 Å². The Balaban J connectivity index is 1.68. The first-order valence-electron chi connectivity index (χ1n) is 13.0. The van der Waals surface area contributed by atoms with Gasteiger partial charge in [-0.15, -0.1) is 0 Å². The van der Waals surface area contributed by atoms with Crippen LogP contribution < -0.4 is 10.6 Å². The van der Waals surface area contributed by atoms with Crippen molar-refractivity contribution in [3.63, 3.8) is 0 Å². The number of carbonyl (C=O) groups excluding carboxylic acids is 3. The number of piperidine rings is 1. The fraction of sp³-hybridized carbons (Fsp3) is 0.429. The highest BCUT2D eigenvalue weighted by molar-refractivity contribution is 5.95. The van der Waals surface area contributed by atoms with E-state index in [2.05, 4.69) is 15.6 Å². The number of halogens is 2. The number of nitrogens with one attached hydrogen (secondary N) is 2. The van der Waals surface area contributed by atoms with Gasteiger partial charge in [-0.3, -0.25) is 14.7 Å². The number of carbonyl (C=O) groups is 3. The number of amides is 4. The molecule has 1 aromatic carbocycles. The maximum absolute atomic E-state index is 14.5. The summed E-state index contributed by atoms with van der Waals surface area (Å²) in [6, 6.07) is 6.12. The molecule has 0 radical (unpaired) electrons. The lowest BCUT2D eigenvalue weighted by Crippen LogP contribution is -2.57. The predicted molar refractivity (Wildman–Crippen MR) is 141 cm³/mol. The first-order valence-corrected chi connectivity index (χ1v) is 13.0. The number of imide groups is 1. The summed E-state index contributed by atoms with van der Waals surface area (Å²) in [6.07, 6.45) is 6.21. The van der Waals surface area contributed by atoms with Crippen molar-refractivity contribution in [3.05, 3.63) is 77.8 Å². The predicted octanol–water partition coefficient (Wildman–Crippen LogP) is 3.33. The average Bonchev–Trinajstić information content (AvgIpc) is 2.97. The van der Waals surface area contributed by atoms with Gasteiger partial charge < -0.3 is 20.1 Å². The van der Waals surface area contributed by atoms with E-state index < -0.39 is 47.7 Å². The minimum atomic E-state index is -1.09. The summed E-state index contributed by atoms with van der Waals surface area (Å²) in [5.74, 6) is -3.64. The van der Waals surface area contributed by atoms with Gasteiger partial charge in [-0.2, -0.15) is 0 Å². The van der Waals surface area contributed by atoms with Crippen molar-refractivity contribution in [1.82, 2.24) is 25.4 Å². The molecule has 1 saturated heterocycles. The molecule has 3 atom stereocenters. The van der Waals surface area contributed by atoms with E-state index in [0.717, 1.165) is 22.7 Å². The summed E-state index contributed by atoms with van der Waals surface area (Å²) >= 11 is 0. The molecule has 1 fully saturated rings. The normalized spacial score (nSPS) is 18.5. The molecule has 4 amide bonds. The number of benzene rings is 1. The Morgan fingerprint density at radius 3 is 2.55 bits per heavy atom. The molecule has 10 nitrogen and oxygen atoms in total. The minimum Gasteiger partial charge on any atom is -0.469 e. The maximum Gasteiger partial charge on any atom is 0.329 e. The second-order valence-corrected chi connectivity index (χ2v) is 9.71. The number of methoxy groups -OCH3 is 2. The van der Waals surface area contributed by atoms with Gasteiger partial charge in [0.15, 0.2) is 11.6 Å². The number of esters is 1. The molecular weight excluding hydrogens is 524 g/mol. The van der Waals surface area contributed by atoms with Gasteiger partial charge in [0.1, 0.15) is 0 Å². The Morgan fingerprint density at radius 2 is 1.93 bits per heavy atom. The SMILES string of the molecule is COCC(NC(=O)N1CC=CNC1=O)C(C(=O)OC)C(c1ccc(F)c(F)c1)N1CCC(c2ccccn2)CC1. The molecule has 0 spiro atoms. The van der Waals surface area contributed by atoms with Crippen LogP contribution in [0.15, 0.2) is 54.9 Å². The van der Waals surface area contributed by atoms with E-state index in [-0.39, 0.29) is 19.1 Å². The zero-order valence-corrected chi connectivity index (χ0v) is 22.4. The molecule has 2 aliphatic heterocycles. The van der Waals surface area contributed by atoms with Crippen LogP contribution in [0.2, 0.25) is 0 Å². The van der Waals surface area contributed by atoms with Crippen molar-refractivity contribution in [3.8, 4) is 0 Å². The molecule has 0 saturated carbocycles. The third kappa shape index (κ3) is 6.62. The van der Waals surface area contributed by atoms with Gasteiger partial charge in [0.2, 0.25) is 0 Å². The molecule has 1 aromatic heterocycles. The van der Waals surface area contributed by atoms with Crippen molar-refractivity contribution in [1.29, 1.82) is 0 Å². The first kappa shape index (κ1) is 29.1. The second-order valence-electron chi connectivity index (χ2n) is 9.71. The Hall–Kier alpha value is -3.90. The summed E-state index contributed by atoms with van der Waals surface area (Å²) in [5.41, 5.74) is 1.31. The van der Waals surface area contributed by atoms with E-state index in [1.165, 1.54) is 26.5 Å². The topological polar surface area (TPSA) is 113 Å². The number of ether oxygens (including phenoxy) is 2. The van der Waals surface area contributed by atoms with Crippen LogP contribution >= 0.6 is 0 Å². The van der Waals surface area contributed by atoms with E-state index in [1.54, 1.807) is 12.3 Å². The number of likely N-dealkylation sites (tertiary alicyclic amines) is 1. The number of urea groups is 2. The van der Waals surface area contributed by atoms with E-state index >= 15 is 0 Å². The fourth-order valence-corrected chi connectivity index (χ4v) is 5.36. The van der Waals surface area contributed by atoms with Crippen LogP contribution in [-0.2, 0) is 14.3 Å². The number of hydrogen-bond acceptors (Lipinski definition) is 7. The summed E-state index contributed by atoms with van der Waals surface area (Å²) in [5, 5.41) is 5.19. The zero-order chi connectivity index (χ0) is 28.6. The Kier molecular flexibility index (Phi) is 9.78. The molecule has 0 bridgehead atoms. The summed E-state index contributed by atoms with van der Waals surface area (Å²) in [4.78, 5) is 46.2. The Labute approximate surface area is 231 Å². The number of hydrogen-bond donors (Lipinski definition) is 2. The summed E-state index contributed by atoms with van der Waals surface area (Å²) < 4.78 is 39.0. The van der Waals surface area contributed by atoms with Gasteiger partial charge in [0.05, 0.1) is 38.3 Å². The van der Waals surface area contributed by atoms with Crippen molar-refractivity contribution >= 4 is 18.0 Å². The summed E-state index contributed by atoms with van der Waals surface area (Å²) in [7, 11) is 2.63. The van der Waals surface area contributed by atoms with Crippen molar-refractivity contribution in [2.75, 3.05) is 40.5 Å². The molecule has 2 N–H and O–H groups in total. The van der Waals surface area contributed by atoms with Crippen molar-refractivity contribution < 1.29 is 32.6 Å². The lowest BCUT2D eigenvalue weighted by molar-refractivity contribution is -0.150. The number of pyridine rings is 1. The monoisotopic (exact) mass is 557 g/mol. The highest BCUT2D eigenvalue weighted by Crippen LogP contribution is 2.38. The smallest absolute Gasteiger partial charge is 0.329 e. The molecule has 2 aliphatic rings. The van der Waals surface area contributed by atoms with Gasteiger partial charge in [-0.25, -0.2) is 23.3 Å². The van der Waals surface area contributed by atoms with Gasteiger partial charge in [0, 0.05) is 31.1 Å². The largest absolute Gasteiger partial charge is 0.469 e. The van der Waals surface area contributed by atoms with Crippen LogP contribution in [0.4, 0.5) is 18.4 Å². The van der Waals surface area contributed by atoms with Crippen LogP contribution in [0.25, 0.3) is 0 Å². The van der Waals surface area contributed by atoms with Crippen molar-refractivity contribution in [2.45, 2.75) is 30.8 Å². The molecule has 0 aliphatic carbocycles. The van der Waals surface area contributed by atoms with Crippen molar-refractivity contribution in [2.24, 2.45) is 5.92 Å². The molecule has 3 unspecified atom stereocenters. The highest BCUT2D eigenvalue weighted by atomic mass is 19.2. The van der Waals surface area contributed by atoms with Gasteiger partial charge >= 0.3 is 18.0 Å². The molecule has 214 valence electrons. The molecule has 2 aromatic rings. The molecular formula is C28H33F2N5O5. The zero-order valence-electron chi connectivity index (χ0n) is 22.4. The minimum absolute atomic E-state index is 0.0356. The van der Waals surface area contributed by atoms with Crippen LogP contribution in [0, 0.1) is 17.6 Å².